The summed E-state index contributed by atoms with van der Waals surface area (Å²) >= 11 is 0. The van der Waals surface area contributed by atoms with Crippen LogP contribution < -0.4 is 11.1 Å². The van der Waals surface area contributed by atoms with Gasteiger partial charge in [0.25, 0.3) is 0 Å². The molecule has 0 radical (unpaired) electrons. The lowest BCUT2D eigenvalue weighted by molar-refractivity contribution is 0.603. The maximum atomic E-state index is 5.78. The first-order valence-electron chi connectivity index (χ1n) is 6.16. The number of nitrogens with one attached hydrogen (secondary N) is 1. The molecule has 88 valence electrons. The fourth-order valence-corrected chi connectivity index (χ4v) is 2.37. The third kappa shape index (κ3) is 2.73. The van der Waals surface area contributed by atoms with Crippen LogP contribution in [0.25, 0.3) is 0 Å². The van der Waals surface area contributed by atoms with E-state index in [0.717, 1.165) is 18.7 Å². The average Bonchev–Trinajstić information content (AvgIpc) is 2.63. The van der Waals surface area contributed by atoms with Crippen LogP contribution in [0, 0.1) is 0 Å². The number of fused-ring (bicyclic) bond motifs is 1. The van der Waals surface area contributed by atoms with E-state index in [9.17, 15) is 0 Å². The summed E-state index contributed by atoms with van der Waals surface area (Å²) in [6, 6.07) is 4.90. The second-order valence-electron chi connectivity index (χ2n) is 4.91. The highest BCUT2D eigenvalue weighted by molar-refractivity contribution is 5.41. The van der Waals surface area contributed by atoms with Gasteiger partial charge in [-0.2, -0.15) is 0 Å². The van der Waals surface area contributed by atoms with Crippen molar-refractivity contribution >= 4 is 5.82 Å². The van der Waals surface area contributed by atoms with Gasteiger partial charge in [-0.1, -0.05) is 6.07 Å². The van der Waals surface area contributed by atoms with Crippen molar-refractivity contribution in [1.82, 2.24) is 4.98 Å². The summed E-state index contributed by atoms with van der Waals surface area (Å²) in [7, 11) is 0. The van der Waals surface area contributed by atoms with Gasteiger partial charge in [0, 0.05) is 17.8 Å². The first kappa shape index (κ1) is 11.4. The SMILES string of the molecule is CC(N)CC(C)Nc1ccc2c(n1)CCC2. The van der Waals surface area contributed by atoms with Gasteiger partial charge in [0.2, 0.25) is 0 Å². The molecular formula is C13H21N3. The zero-order chi connectivity index (χ0) is 11.5. The van der Waals surface area contributed by atoms with Crippen LogP contribution in [0.5, 0.6) is 0 Å². The van der Waals surface area contributed by atoms with Gasteiger partial charge < -0.3 is 11.1 Å². The van der Waals surface area contributed by atoms with Crippen molar-refractivity contribution in [1.29, 1.82) is 0 Å². The lowest BCUT2D eigenvalue weighted by Gasteiger charge is -2.17. The topological polar surface area (TPSA) is 50.9 Å². The fourth-order valence-electron chi connectivity index (χ4n) is 2.37. The van der Waals surface area contributed by atoms with Crippen LogP contribution in [0.1, 0.15) is 37.9 Å². The highest BCUT2D eigenvalue weighted by atomic mass is 15.0. The van der Waals surface area contributed by atoms with Crippen molar-refractivity contribution in [3.05, 3.63) is 23.4 Å². The van der Waals surface area contributed by atoms with Crippen LogP contribution in [0.4, 0.5) is 5.82 Å². The van der Waals surface area contributed by atoms with Gasteiger partial charge in [-0.15, -0.1) is 0 Å². The smallest absolute Gasteiger partial charge is 0.126 e. The summed E-state index contributed by atoms with van der Waals surface area (Å²) in [6.07, 6.45) is 4.55. The number of hydrogen-bond acceptors (Lipinski definition) is 3. The summed E-state index contributed by atoms with van der Waals surface area (Å²) < 4.78 is 0. The molecule has 2 atom stereocenters. The van der Waals surface area contributed by atoms with Crippen molar-refractivity contribution < 1.29 is 0 Å². The molecule has 0 spiro atoms. The maximum Gasteiger partial charge on any atom is 0.126 e. The second kappa shape index (κ2) is 4.83. The fraction of sp³-hybridized carbons (Fsp3) is 0.615. The molecule has 2 unspecified atom stereocenters. The predicted octanol–water partition coefficient (Wildman–Crippen LogP) is 2.11. The Morgan fingerprint density at radius 2 is 2.19 bits per heavy atom. The lowest BCUT2D eigenvalue weighted by Crippen LogP contribution is -2.26. The number of aryl methyl sites for hydroxylation is 2. The standard InChI is InChI=1S/C13H21N3/c1-9(14)8-10(2)15-13-7-6-11-4-3-5-12(11)16-13/h6-7,9-10H,3-5,8,14H2,1-2H3,(H,15,16). The van der Waals surface area contributed by atoms with Gasteiger partial charge in [0.05, 0.1) is 0 Å². The zero-order valence-corrected chi connectivity index (χ0v) is 10.2. The predicted molar refractivity (Wildman–Crippen MR) is 67.6 cm³/mol. The van der Waals surface area contributed by atoms with Gasteiger partial charge in [-0.3, -0.25) is 0 Å². The largest absolute Gasteiger partial charge is 0.368 e. The van der Waals surface area contributed by atoms with Crippen LogP contribution in [0.3, 0.4) is 0 Å². The number of nitrogens with two attached hydrogens (primary N) is 1. The molecule has 3 N–H and O–H groups in total. The van der Waals surface area contributed by atoms with Gasteiger partial charge in [-0.05, 0) is 51.2 Å². The van der Waals surface area contributed by atoms with Gasteiger partial charge in [-0.25, -0.2) is 4.98 Å². The molecule has 1 aromatic rings. The van der Waals surface area contributed by atoms with E-state index in [2.05, 4.69) is 29.4 Å². The van der Waals surface area contributed by atoms with Crippen molar-refractivity contribution in [2.45, 2.75) is 51.6 Å². The molecule has 0 fully saturated rings. The number of pyridine rings is 1. The molecule has 0 saturated heterocycles. The minimum absolute atomic E-state index is 0.233. The number of anilines is 1. The second-order valence-corrected chi connectivity index (χ2v) is 4.91. The molecule has 0 amide bonds. The molecule has 0 bridgehead atoms. The Morgan fingerprint density at radius 3 is 2.94 bits per heavy atom. The van der Waals surface area contributed by atoms with Gasteiger partial charge in [0.15, 0.2) is 0 Å². The summed E-state index contributed by atoms with van der Waals surface area (Å²) in [5, 5.41) is 3.41. The minimum atomic E-state index is 0.233. The quantitative estimate of drug-likeness (QED) is 0.815. The van der Waals surface area contributed by atoms with Crippen molar-refractivity contribution in [2.75, 3.05) is 5.32 Å². The molecule has 0 aliphatic heterocycles. The number of rotatable bonds is 4. The highest BCUT2D eigenvalue weighted by Gasteiger charge is 2.13. The molecule has 16 heavy (non-hydrogen) atoms. The molecule has 0 aromatic carbocycles. The van der Waals surface area contributed by atoms with Crippen LogP contribution in [0.15, 0.2) is 12.1 Å². The average molecular weight is 219 g/mol. The third-order valence-electron chi connectivity index (χ3n) is 3.05. The number of hydrogen-bond donors (Lipinski definition) is 2. The Morgan fingerprint density at radius 1 is 1.38 bits per heavy atom. The molecule has 1 aliphatic carbocycles. The van der Waals surface area contributed by atoms with Crippen molar-refractivity contribution in [3.8, 4) is 0 Å². The van der Waals surface area contributed by atoms with Crippen LogP contribution >= 0.6 is 0 Å². The Kier molecular flexibility index (Phi) is 3.44. The molecular weight excluding hydrogens is 198 g/mol. The third-order valence-corrected chi connectivity index (χ3v) is 3.05. The molecule has 1 aliphatic rings. The summed E-state index contributed by atoms with van der Waals surface area (Å²) in [4.78, 5) is 4.65. The minimum Gasteiger partial charge on any atom is -0.368 e. The van der Waals surface area contributed by atoms with E-state index < -0.39 is 0 Å². The van der Waals surface area contributed by atoms with Gasteiger partial charge in [0.1, 0.15) is 5.82 Å². The zero-order valence-electron chi connectivity index (χ0n) is 10.2. The summed E-state index contributed by atoms with van der Waals surface area (Å²) in [6.45, 7) is 4.19. The first-order valence-corrected chi connectivity index (χ1v) is 6.16. The Bertz CT molecular complexity index is 360. The monoisotopic (exact) mass is 219 g/mol. The van der Waals surface area contributed by atoms with Crippen molar-refractivity contribution in [2.24, 2.45) is 5.73 Å². The Balaban J connectivity index is 1.99. The Hall–Kier alpha value is -1.09. The molecule has 1 aromatic heterocycles. The number of nitrogens with zero attached hydrogens (tertiary/aromatic N) is 1. The van der Waals surface area contributed by atoms with E-state index in [4.69, 9.17) is 5.73 Å². The first-order chi connectivity index (χ1) is 7.65. The van der Waals surface area contributed by atoms with Crippen molar-refractivity contribution in [3.63, 3.8) is 0 Å². The normalized spacial score (nSPS) is 17.9. The number of aromatic nitrogens is 1. The summed E-state index contributed by atoms with van der Waals surface area (Å²) in [5.74, 6) is 0.994. The van der Waals surface area contributed by atoms with Crippen LogP contribution in [-0.4, -0.2) is 17.1 Å². The summed E-state index contributed by atoms with van der Waals surface area (Å²) in [5.41, 5.74) is 8.47. The van der Waals surface area contributed by atoms with Crippen LogP contribution in [-0.2, 0) is 12.8 Å². The van der Waals surface area contributed by atoms with E-state index in [0.29, 0.717) is 6.04 Å². The maximum absolute atomic E-state index is 5.78. The van der Waals surface area contributed by atoms with E-state index in [1.54, 1.807) is 0 Å². The molecule has 3 heteroatoms. The highest BCUT2D eigenvalue weighted by Crippen LogP contribution is 2.21. The van der Waals surface area contributed by atoms with Crippen LogP contribution in [0.2, 0.25) is 0 Å². The van der Waals surface area contributed by atoms with E-state index in [1.807, 2.05) is 6.92 Å². The van der Waals surface area contributed by atoms with E-state index >= 15 is 0 Å². The van der Waals surface area contributed by atoms with Gasteiger partial charge >= 0.3 is 0 Å². The van der Waals surface area contributed by atoms with E-state index in [-0.39, 0.29) is 6.04 Å². The molecule has 0 saturated carbocycles. The Labute approximate surface area is 97.5 Å². The van der Waals surface area contributed by atoms with E-state index in [1.165, 1.54) is 24.1 Å². The molecule has 3 nitrogen and oxygen atoms in total. The molecule has 2 rings (SSSR count). The molecule has 1 heterocycles. The lowest BCUT2D eigenvalue weighted by atomic mass is 10.1.